The lowest BCUT2D eigenvalue weighted by Gasteiger charge is -2.21. The predicted molar refractivity (Wildman–Crippen MR) is 127 cm³/mol. The van der Waals surface area contributed by atoms with E-state index in [1.807, 2.05) is 0 Å². The molecule has 34 heavy (non-hydrogen) atoms. The number of halogens is 5. The summed E-state index contributed by atoms with van der Waals surface area (Å²) in [5, 5.41) is 0.864. The first-order valence-electron chi connectivity index (χ1n) is 10.2. The SMILES string of the molecule is CC(C)(C)OC(=O)n1c(-c2cnccc2-c2cccc(Cl)c2Cl)cc2cc(C(F)(F)F)ccc21. The maximum atomic E-state index is 13.4. The number of fused-ring (bicyclic) bond motifs is 1. The summed E-state index contributed by atoms with van der Waals surface area (Å²) in [5.74, 6) is 0. The highest BCUT2D eigenvalue weighted by Gasteiger charge is 2.32. The van der Waals surface area contributed by atoms with Crippen molar-refractivity contribution in [2.24, 2.45) is 0 Å². The third kappa shape index (κ3) is 4.63. The molecule has 0 saturated heterocycles. The van der Waals surface area contributed by atoms with E-state index in [4.69, 9.17) is 27.9 Å². The largest absolute Gasteiger partial charge is 0.443 e. The molecule has 0 aliphatic carbocycles. The van der Waals surface area contributed by atoms with Gasteiger partial charge in [0.2, 0.25) is 0 Å². The molecule has 0 bridgehead atoms. The molecule has 2 heterocycles. The summed E-state index contributed by atoms with van der Waals surface area (Å²) in [7, 11) is 0. The zero-order chi connectivity index (χ0) is 24.8. The number of aromatic nitrogens is 2. The van der Waals surface area contributed by atoms with Crippen LogP contribution in [0.5, 0.6) is 0 Å². The molecule has 2 aromatic heterocycles. The van der Waals surface area contributed by atoms with Crippen LogP contribution in [0.25, 0.3) is 33.3 Å². The second kappa shape index (κ2) is 8.64. The number of hydrogen-bond acceptors (Lipinski definition) is 3. The smallest absolute Gasteiger partial charge is 0.419 e. The molecule has 4 nitrogen and oxygen atoms in total. The van der Waals surface area contributed by atoms with Crippen molar-refractivity contribution in [1.29, 1.82) is 0 Å². The van der Waals surface area contributed by atoms with Gasteiger partial charge in [-0.3, -0.25) is 4.98 Å². The first-order valence-corrected chi connectivity index (χ1v) is 11.0. The van der Waals surface area contributed by atoms with Gasteiger partial charge in [-0.2, -0.15) is 13.2 Å². The van der Waals surface area contributed by atoms with Crippen LogP contribution in [0.1, 0.15) is 26.3 Å². The summed E-state index contributed by atoms with van der Waals surface area (Å²) in [6, 6.07) is 11.5. The van der Waals surface area contributed by atoms with E-state index < -0.39 is 23.4 Å². The Labute approximate surface area is 203 Å². The van der Waals surface area contributed by atoms with Crippen molar-refractivity contribution < 1.29 is 22.7 Å². The summed E-state index contributed by atoms with van der Waals surface area (Å²) in [6.45, 7) is 5.12. The van der Waals surface area contributed by atoms with Crippen LogP contribution in [-0.2, 0) is 10.9 Å². The fraction of sp³-hybridized carbons (Fsp3) is 0.200. The lowest BCUT2D eigenvalue weighted by molar-refractivity contribution is -0.137. The summed E-state index contributed by atoms with van der Waals surface area (Å²) in [6.07, 6.45) is -2.19. The zero-order valence-corrected chi connectivity index (χ0v) is 19.9. The highest BCUT2D eigenvalue weighted by Crippen LogP contribution is 2.41. The maximum Gasteiger partial charge on any atom is 0.419 e. The van der Waals surface area contributed by atoms with Gasteiger partial charge in [0.15, 0.2) is 0 Å². The van der Waals surface area contributed by atoms with Crippen LogP contribution >= 0.6 is 23.2 Å². The molecular formula is C25H19Cl2F3N2O2. The molecule has 0 amide bonds. The molecule has 0 N–H and O–H groups in total. The lowest BCUT2D eigenvalue weighted by atomic mass is 9.99. The average molecular weight is 507 g/mol. The van der Waals surface area contributed by atoms with E-state index in [9.17, 15) is 18.0 Å². The fourth-order valence-electron chi connectivity index (χ4n) is 3.64. The van der Waals surface area contributed by atoms with Crippen LogP contribution in [0.3, 0.4) is 0 Å². The van der Waals surface area contributed by atoms with Crippen molar-refractivity contribution in [3.63, 3.8) is 0 Å². The number of hydrogen-bond donors (Lipinski definition) is 0. The van der Waals surface area contributed by atoms with Crippen LogP contribution in [0.2, 0.25) is 10.0 Å². The zero-order valence-electron chi connectivity index (χ0n) is 18.4. The highest BCUT2D eigenvalue weighted by atomic mass is 35.5. The van der Waals surface area contributed by atoms with Gasteiger partial charge >= 0.3 is 12.3 Å². The molecule has 0 spiro atoms. The van der Waals surface area contributed by atoms with Gasteiger partial charge in [0.1, 0.15) is 5.60 Å². The molecule has 0 aliphatic rings. The number of benzene rings is 2. The Morgan fingerprint density at radius 2 is 1.71 bits per heavy atom. The van der Waals surface area contributed by atoms with Gasteiger partial charge in [0, 0.05) is 28.9 Å². The van der Waals surface area contributed by atoms with Crippen LogP contribution in [0.4, 0.5) is 18.0 Å². The minimum Gasteiger partial charge on any atom is -0.443 e. The number of alkyl halides is 3. The minimum absolute atomic E-state index is 0.225. The maximum absolute atomic E-state index is 13.4. The van der Waals surface area contributed by atoms with Crippen LogP contribution < -0.4 is 0 Å². The molecule has 9 heteroatoms. The Hall–Kier alpha value is -3.03. The van der Waals surface area contributed by atoms with E-state index >= 15 is 0 Å². The predicted octanol–water partition coefficient (Wildman–Crippen LogP) is 8.48. The summed E-state index contributed by atoms with van der Waals surface area (Å²) in [4.78, 5) is 17.4. The third-order valence-corrected chi connectivity index (χ3v) is 5.86. The molecule has 0 unspecified atom stereocenters. The topological polar surface area (TPSA) is 44.1 Å². The number of ether oxygens (including phenoxy) is 1. The molecule has 0 aliphatic heterocycles. The fourth-order valence-corrected chi connectivity index (χ4v) is 4.04. The first-order chi connectivity index (χ1) is 15.9. The van der Waals surface area contributed by atoms with E-state index in [1.165, 1.54) is 22.9 Å². The van der Waals surface area contributed by atoms with Crippen molar-refractivity contribution in [2.45, 2.75) is 32.5 Å². The minimum atomic E-state index is -4.53. The molecule has 4 aromatic rings. The van der Waals surface area contributed by atoms with E-state index in [0.29, 0.717) is 32.4 Å². The van der Waals surface area contributed by atoms with Gasteiger partial charge in [0.05, 0.1) is 26.8 Å². The Morgan fingerprint density at radius 3 is 2.38 bits per heavy atom. The molecule has 176 valence electrons. The summed E-state index contributed by atoms with van der Waals surface area (Å²) in [5.41, 5.74) is 0.589. The molecule has 2 aromatic carbocycles. The first kappa shape index (κ1) is 24.1. The van der Waals surface area contributed by atoms with E-state index in [0.717, 1.165) is 12.1 Å². The summed E-state index contributed by atoms with van der Waals surface area (Å²) < 4.78 is 46.9. The Bertz CT molecular complexity index is 1410. The van der Waals surface area contributed by atoms with Crippen LogP contribution in [-0.4, -0.2) is 21.2 Å². The Morgan fingerprint density at radius 1 is 0.971 bits per heavy atom. The second-order valence-electron chi connectivity index (χ2n) is 8.64. The quantitative estimate of drug-likeness (QED) is 0.273. The summed E-state index contributed by atoms with van der Waals surface area (Å²) >= 11 is 12.7. The Balaban J connectivity index is 2.02. The second-order valence-corrected chi connectivity index (χ2v) is 9.42. The van der Waals surface area contributed by atoms with Gasteiger partial charge in [-0.05, 0) is 62.7 Å². The van der Waals surface area contributed by atoms with Crippen molar-refractivity contribution in [3.05, 3.63) is 76.5 Å². The number of carbonyl (C=O) groups excluding carboxylic acids is 1. The van der Waals surface area contributed by atoms with Gasteiger partial charge in [-0.1, -0.05) is 35.3 Å². The van der Waals surface area contributed by atoms with Crippen molar-refractivity contribution >= 4 is 40.2 Å². The number of nitrogens with zero attached hydrogens (tertiary/aromatic N) is 2. The van der Waals surface area contributed by atoms with Gasteiger partial charge in [-0.15, -0.1) is 0 Å². The Kier molecular flexibility index (Phi) is 6.12. The van der Waals surface area contributed by atoms with Crippen LogP contribution in [0.15, 0.2) is 60.9 Å². The molecule has 4 rings (SSSR count). The average Bonchev–Trinajstić information content (AvgIpc) is 3.13. The molecule has 0 radical (unpaired) electrons. The molecule has 0 atom stereocenters. The van der Waals surface area contributed by atoms with E-state index in [1.54, 1.807) is 51.2 Å². The third-order valence-electron chi connectivity index (χ3n) is 5.04. The monoisotopic (exact) mass is 506 g/mol. The van der Waals surface area contributed by atoms with Crippen molar-refractivity contribution in [1.82, 2.24) is 9.55 Å². The van der Waals surface area contributed by atoms with Gasteiger partial charge in [-0.25, -0.2) is 9.36 Å². The molecule has 0 saturated carbocycles. The molecular weight excluding hydrogens is 488 g/mol. The van der Waals surface area contributed by atoms with Gasteiger partial charge in [0.25, 0.3) is 0 Å². The number of carbonyl (C=O) groups is 1. The normalized spacial score (nSPS) is 12.2. The van der Waals surface area contributed by atoms with E-state index in [-0.39, 0.29) is 10.9 Å². The lowest BCUT2D eigenvalue weighted by Crippen LogP contribution is -2.27. The number of pyridine rings is 1. The van der Waals surface area contributed by atoms with Gasteiger partial charge < -0.3 is 4.74 Å². The molecule has 0 fully saturated rings. The standard InChI is InChI=1S/C25H19Cl2F3N2O2/c1-24(2,3)34-23(33)32-20-8-7-15(25(28,29)30)11-14(20)12-21(32)18-13-31-10-9-16(18)17-5-4-6-19(26)22(17)27/h4-13H,1-3H3. The highest BCUT2D eigenvalue weighted by molar-refractivity contribution is 6.43. The van der Waals surface area contributed by atoms with Crippen LogP contribution in [0, 0.1) is 0 Å². The van der Waals surface area contributed by atoms with Crippen molar-refractivity contribution in [3.8, 4) is 22.4 Å². The van der Waals surface area contributed by atoms with Crippen molar-refractivity contribution in [2.75, 3.05) is 0 Å². The number of rotatable bonds is 2. The van der Waals surface area contributed by atoms with E-state index in [2.05, 4.69) is 4.98 Å².